The number of carbonyl (C=O) groups excluding carboxylic acids is 2. The lowest BCUT2D eigenvalue weighted by Gasteiger charge is -2.62. The molecule has 6 aromatic rings. The summed E-state index contributed by atoms with van der Waals surface area (Å²) < 4.78 is 12.0. The summed E-state index contributed by atoms with van der Waals surface area (Å²) in [7, 11) is 0. The van der Waals surface area contributed by atoms with Crippen molar-refractivity contribution in [1.29, 1.82) is 0 Å². The highest BCUT2D eigenvalue weighted by atomic mass is 16.5. The minimum Gasteiger partial charge on any atom is -0.507 e. The molecule has 0 aromatic heterocycles. The van der Waals surface area contributed by atoms with Crippen LogP contribution < -0.4 is 9.47 Å². The minimum absolute atomic E-state index is 0.0407. The van der Waals surface area contributed by atoms with Crippen LogP contribution in [-0.4, -0.2) is 136 Å². The molecule has 6 aromatic carbocycles. The first-order valence-electron chi connectivity index (χ1n) is 26.1. The van der Waals surface area contributed by atoms with Crippen LogP contribution in [0.5, 0.6) is 34.5 Å². The first-order valence-corrected chi connectivity index (χ1v) is 26.1. The number of benzene rings is 6. The van der Waals surface area contributed by atoms with Crippen molar-refractivity contribution in [3.63, 3.8) is 0 Å². The number of piperidine rings is 2. The fraction of sp³-hybridized carbons (Fsp3) is 0.344. The normalized spacial score (nSPS) is 28.6. The molecule has 8 aliphatic rings. The van der Waals surface area contributed by atoms with Gasteiger partial charge in [-0.2, -0.15) is 0 Å². The molecule has 396 valence electrons. The van der Waals surface area contributed by atoms with Gasteiger partial charge in [-0.25, -0.2) is 9.59 Å². The Bertz CT molecular complexity index is 3340. The van der Waals surface area contributed by atoms with Gasteiger partial charge < -0.3 is 50.3 Å². The Morgan fingerprint density at radius 2 is 1.00 bits per heavy atom. The number of aromatic hydroxyl groups is 4. The van der Waals surface area contributed by atoms with E-state index in [1.165, 1.54) is 12.1 Å². The molecular weight excluding hydrogens is 985 g/mol. The zero-order valence-corrected chi connectivity index (χ0v) is 42.1. The Balaban J connectivity index is 0.000000117. The molecule has 16 nitrogen and oxygen atoms in total. The molecule has 0 radical (unpaired) electrons. The van der Waals surface area contributed by atoms with Crippen LogP contribution in [0.4, 0.5) is 0 Å². The van der Waals surface area contributed by atoms with Crippen molar-refractivity contribution >= 4 is 45.0 Å². The van der Waals surface area contributed by atoms with Crippen LogP contribution in [0.1, 0.15) is 92.6 Å². The number of nitrogens with zero attached hydrogens (tertiary/aromatic N) is 2. The summed E-state index contributed by atoms with van der Waals surface area (Å²) in [4.78, 5) is 53.0. The third kappa shape index (κ3) is 6.90. The van der Waals surface area contributed by atoms with E-state index >= 15 is 0 Å². The Morgan fingerprint density at radius 3 is 1.39 bits per heavy atom. The van der Waals surface area contributed by atoms with E-state index in [2.05, 4.69) is 23.0 Å². The van der Waals surface area contributed by atoms with Crippen LogP contribution in [-0.2, 0) is 39.7 Å². The number of rotatable bonds is 8. The number of carboxylic acid groups (broad SMARTS) is 2. The number of carbonyl (C=O) groups is 4. The number of phenolic OH excluding ortho intramolecular Hbond substituents is 2. The molecule has 0 amide bonds. The maximum Gasteiger partial charge on any atom is 0.339 e. The summed E-state index contributed by atoms with van der Waals surface area (Å²) in [5, 5.41) is 87.0. The predicted octanol–water partition coefficient (Wildman–Crippen LogP) is 6.99. The third-order valence-corrected chi connectivity index (χ3v) is 18.5. The number of hydrogen-bond acceptors (Lipinski definition) is 14. The number of carboxylic acids is 2. The summed E-state index contributed by atoms with van der Waals surface area (Å²) >= 11 is 0. The molecule has 8 N–H and O–H groups in total. The number of Topliss-reactive ketones (excluding diaryl/α,β-unsaturated/α-hetero) is 2. The van der Waals surface area contributed by atoms with Crippen LogP contribution >= 0.6 is 0 Å². The number of aliphatic hydroxyl groups is 2. The zero-order chi connectivity index (χ0) is 54.1. The van der Waals surface area contributed by atoms with Crippen molar-refractivity contribution in [3.8, 4) is 34.5 Å². The maximum absolute atomic E-state index is 12.6. The number of phenols is 4. The molecule has 4 heterocycles. The molecule has 4 aliphatic carbocycles. The summed E-state index contributed by atoms with van der Waals surface area (Å²) in [6, 6.07) is 23.8. The van der Waals surface area contributed by atoms with Crippen LogP contribution in [0.15, 0.2) is 110 Å². The van der Waals surface area contributed by atoms with Gasteiger partial charge in [0.15, 0.2) is 46.8 Å². The van der Waals surface area contributed by atoms with Crippen molar-refractivity contribution in [1.82, 2.24) is 9.80 Å². The van der Waals surface area contributed by atoms with Gasteiger partial charge in [0, 0.05) is 79.8 Å². The molecule has 14 rings (SSSR count). The third-order valence-electron chi connectivity index (χ3n) is 18.5. The van der Waals surface area contributed by atoms with Crippen molar-refractivity contribution in [3.05, 3.63) is 155 Å². The zero-order valence-electron chi connectivity index (χ0n) is 42.1. The molecule has 4 bridgehead atoms. The van der Waals surface area contributed by atoms with Gasteiger partial charge >= 0.3 is 11.9 Å². The van der Waals surface area contributed by atoms with Gasteiger partial charge in [-0.3, -0.25) is 19.4 Å². The molecule has 2 saturated heterocycles. The van der Waals surface area contributed by atoms with Crippen LogP contribution in [0.2, 0.25) is 0 Å². The fourth-order valence-corrected chi connectivity index (χ4v) is 15.3. The SMILES string of the molecule is C=CCN1CCC23c4c5ccc(O)c4OC2C(=O)CCC3(O)C1C5.C=CCN1CCC23c4c5ccc(O)c4OC2C(=O)CCC3(O)C1C5.O=C(O)c1cc2ccccc2c(Cc2c(O)c(C(=O)O)cc3ccccc23)c1O. The number of likely N-dealkylation sites (tertiary alicyclic amines) is 2. The van der Waals surface area contributed by atoms with Gasteiger partial charge in [-0.05, 0) is 95.5 Å². The van der Waals surface area contributed by atoms with Gasteiger partial charge in [0.25, 0.3) is 0 Å². The van der Waals surface area contributed by atoms with E-state index in [0.717, 1.165) is 48.4 Å². The van der Waals surface area contributed by atoms with Crippen molar-refractivity contribution in [2.45, 2.75) is 104 Å². The minimum atomic E-state index is -1.28. The summed E-state index contributed by atoms with van der Waals surface area (Å²) in [5.41, 5.74) is 0.624. The van der Waals surface area contributed by atoms with Gasteiger partial charge in [-0.15, -0.1) is 13.2 Å². The Kier molecular flexibility index (Phi) is 11.6. The van der Waals surface area contributed by atoms with Crippen LogP contribution in [0.25, 0.3) is 21.5 Å². The molecule has 2 spiro atoms. The molecule has 2 saturated carbocycles. The predicted molar refractivity (Wildman–Crippen MR) is 282 cm³/mol. The lowest BCUT2D eigenvalue weighted by Crippen LogP contribution is -2.76. The maximum atomic E-state index is 12.6. The Hall–Kier alpha value is -7.76. The van der Waals surface area contributed by atoms with Crippen LogP contribution in [0, 0.1) is 0 Å². The average Bonchev–Trinajstić information content (AvgIpc) is 3.34. The van der Waals surface area contributed by atoms with Crippen molar-refractivity contribution < 1.29 is 69.5 Å². The second-order valence-corrected chi connectivity index (χ2v) is 21.9. The summed E-state index contributed by atoms with van der Waals surface area (Å²) in [5.74, 6) is -2.30. The van der Waals surface area contributed by atoms with E-state index < -0.39 is 57.7 Å². The summed E-state index contributed by atoms with van der Waals surface area (Å²) in [6.45, 7) is 10.7. The molecule has 8 atom stereocenters. The van der Waals surface area contributed by atoms with Crippen molar-refractivity contribution in [2.75, 3.05) is 26.2 Å². The van der Waals surface area contributed by atoms with E-state index in [1.54, 1.807) is 60.7 Å². The number of ether oxygens (including phenoxy) is 2. The first-order chi connectivity index (χ1) is 36.9. The topological polar surface area (TPSA) is 255 Å². The average molecular weight is 1040 g/mol. The quantitative estimate of drug-likeness (QED) is 0.0715. The van der Waals surface area contributed by atoms with E-state index in [-0.39, 0.29) is 52.7 Å². The summed E-state index contributed by atoms with van der Waals surface area (Å²) in [6.07, 6.45) is 6.65. The van der Waals surface area contributed by atoms with E-state index in [9.17, 15) is 60.0 Å². The van der Waals surface area contributed by atoms with Gasteiger partial charge in [0.05, 0.1) is 22.0 Å². The lowest BCUT2D eigenvalue weighted by molar-refractivity contribution is -0.187. The van der Waals surface area contributed by atoms with Crippen LogP contribution in [0.3, 0.4) is 0 Å². The standard InChI is InChI=1S/C23H16O6.2C19H21NO4/c24-20-16(14-7-3-1-5-12(14)9-18(20)22(26)27)11-17-15-8-4-2-6-13(15)10-19(21(17)25)23(28)29;2*1-2-8-20-9-7-18-15-11-3-4-12(21)16(15)24-17(18)13(22)5-6-19(18,23)14(20)10-11/h1-10,24-25H,11H2,(H,26,27)(H,28,29);2*2-4,14,17,21,23H,1,5-10H2. The van der Waals surface area contributed by atoms with E-state index in [1.807, 2.05) is 24.3 Å². The van der Waals surface area contributed by atoms with Gasteiger partial charge in [0.1, 0.15) is 22.6 Å². The molecular formula is C61H58N2O14. The smallest absolute Gasteiger partial charge is 0.339 e. The monoisotopic (exact) mass is 1040 g/mol. The number of hydrogen-bond donors (Lipinski definition) is 8. The second-order valence-electron chi connectivity index (χ2n) is 21.9. The number of aromatic carboxylic acids is 2. The van der Waals surface area contributed by atoms with E-state index in [4.69, 9.17) is 9.47 Å². The molecule has 4 fully saturated rings. The molecule has 16 heteroatoms. The van der Waals surface area contributed by atoms with Crippen molar-refractivity contribution in [2.24, 2.45) is 0 Å². The highest BCUT2D eigenvalue weighted by Crippen LogP contribution is 2.66. The molecule has 77 heavy (non-hydrogen) atoms. The van der Waals surface area contributed by atoms with E-state index in [0.29, 0.717) is 95.5 Å². The fourth-order valence-electron chi connectivity index (χ4n) is 15.3. The number of ketones is 2. The lowest BCUT2D eigenvalue weighted by atomic mass is 9.49. The Morgan fingerprint density at radius 1 is 0.597 bits per heavy atom. The van der Waals surface area contributed by atoms with Gasteiger partial charge in [-0.1, -0.05) is 72.8 Å². The van der Waals surface area contributed by atoms with Gasteiger partial charge in [0.2, 0.25) is 0 Å². The molecule has 8 unspecified atom stereocenters. The second kappa shape index (κ2) is 17.9. The largest absolute Gasteiger partial charge is 0.507 e. The highest BCUT2D eigenvalue weighted by molar-refractivity contribution is 6.02. The Labute approximate surface area is 442 Å². The number of fused-ring (bicyclic) bond motifs is 2. The highest BCUT2D eigenvalue weighted by Gasteiger charge is 2.74. The molecule has 4 aliphatic heterocycles. The first kappa shape index (κ1) is 50.1.